The minimum Gasteiger partial charge on any atom is -0.465 e. The van der Waals surface area contributed by atoms with Gasteiger partial charge in [-0.3, -0.25) is 0 Å². The van der Waals surface area contributed by atoms with E-state index >= 15 is 0 Å². The van der Waals surface area contributed by atoms with Gasteiger partial charge in [0.25, 0.3) is 5.79 Å². The van der Waals surface area contributed by atoms with Gasteiger partial charge in [-0.2, -0.15) is 0 Å². The summed E-state index contributed by atoms with van der Waals surface area (Å²) in [5, 5.41) is 9.43. The maximum atomic E-state index is 14.4. The molecule has 0 spiro atoms. The number of fused-ring (bicyclic) bond motifs is 1. The molecule has 1 atom stereocenters. The summed E-state index contributed by atoms with van der Waals surface area (Å²) < 4.78 is 26.5. The lowest BCUT2D eigenvalue weighted by molar-refractivity contribution is -0.0711. The fourth-order valence-corrected chi connectivity index (χ4v) is 3.98. The van der Waals surface area contributed by atoms with Crippen molar-refractivity contribution in [3.63, 3.8) is 0 Å². The second-order valence-electron chi connectivity index (χ2n) is 6.99. The highest BCUT2D eigenvalue weighted by Crippen LogP contribution is 2.49. The summed E-state index contributed by atoms with van der Waals surface area (Å²) in [4.78, 5) is 12.5. The van der Waals surface area contributed by atoms with Crippen LogP contribution in [0.2, 0.25) is 5.02 Å². The molecule has 2 heterocycles. The number of ether oxygens (including phenoxy) is 2. The summed E-state index contributed by atoms with van der Waals surface area (Å²) in [5.74, 6) is -0.451. The van der Waals surface area contributed by atoms with E-state index in [-0.39, 0.29) is 11.5 Å². The molecule has 0 unspecified atom stereocenters. The number of amides is 1. The van der Waals surface area contributed by atoms with E-state index < -0.39 is 17.7 Å². The Labute approximate surface area is 161 Å². The largest absolute Gasteiger partial charge is 0.465 e. The van der Waals surface area contributed by atoms with E-state index in [4.69, 9.17) is 26.2 Å². The number of likely N-dealkylation sites (tertiary alicyclic amines) is 1. The van der Waals surface area contributed by atoms with Crippen molar-refractivity contribution < 1.29 is 23.8 Å². The van der Waals surface area contributed by atoms with Crippen molar-refractivity contribution in [3.8, 4) is 11.5 Å². The number of carboxylic acid groups (broad SMARTS) is 1. The summed E-state index contributed by atoms with van der Waals surface area (Å²) in [5.41, 5.74) is 1.24. The summed E-state index contributed by atoms with van der Waals surface area (Å²) in [6.07, 6.45) is 0.521. The van der Waals surface area contributed by atoms with Crippen LogP contribution < -0.4 is 9.47 Å². The molecular formula is C20H19ClFNO4. The quantitative estimate of drug-likeness (QED) is 0.784. The summed E-state index contributed by atoms with van der Waals surface area (Å²) in [6, 6.07) is 10.0. The highest BCUT2D eigenvalue weighted by Gasteiger charge is 2.43. The predicted molar refractivity (Wildman–Crippen MR) is 98.0 cm³/mol. The van der Waals surface area contributed by atoms with Gasteiger partial charge in [0.15, 0.2) is 11.5 Å². The normalized spacial score (nSPS) is 22.1. The number of piperidine rings is 1. The van der Waals surface area contributed by atoms with Crippen LogP contribution >= 0.6 is 11.6 Å². The van der Waals surface area contributed by atoms with E-state index in [1.165, 1.54) is 11.0 Å². The first-order valence-electron chi connectivity index (χ1n) is 8.82. The van der Waals surface area contributed by atoms with Crippen LogP contribution in [0.3, 0.4) is 0 Å². The molecule has 4 rings (SSSR count). The van der Waals surface area contributed by atoms with Crippen LogP contribution in [0.1, 0.15) is 36.8 Å². The zero-order valence-corrected chi connectivity index (χ0v) is 15.5. The lowest BCUT2D eigenvalue weighted by Gasteiger charge is -2.30. The molecule has 0 aliphatic carbocycles. The number of hydrogen-bond donors (Lipinski definition) is 1. The Bertz CT molecular complexity index is 898. The predicted octanol–water partition coefficient (Wildman–Crippen LogP) is 4.98. The van der Waals surface area contributed by atoms with Gasteiger partial charge in [-0.15, -0.1) is 0 Å². The molecule has 1 fully saturated rings. The fraction of sp³-hybridized carbons (Fsp3) is 0.350. The zero-order valence-electron chi connectivity index (χ0n) is 14.7. The first-order valence-corrected chi connectivity index (χ1v) is 9.19. The van der Waals surface area contributed by atoms with Crippen LogP contribution in [-0.4, -0.2) is 29.2 Å². The maximum Gasteiger partial charge on any atom is 0.407 e. The molecule has 27 heavy (non-hydrogen) atoms. The monoisotopic (exact) mass is 391 g/mol. The average molecular weight is 392 g/mol. The Hall–Kier alpha value is -2.47. The fourth-order valence-electron chi connectivity index (χ4n) is 3.82. The third kappa shape index (κ3) is 3.18. The van der Waals surface area contributed by atoms with Crippen LogP contribution in [0.5, 0.6) is 11.5 Å². The second kappa shape index (κ2) is 6.60. The van der Waals surface area contributed by atoms with Crippen molar-refractivity contribution in [1.29, 1.82) is 0 Å². The second-order valence-corrected chi connectivity index (χ2v) is 7.43. The lowest BCUT2D eigenvalue weighted by atomic mass is 9.89. The van der Waals surface area contributed by atoms with E-state index in [0.29, 0.717) is 42.5 Å². The van der Waals surface area contributed by atoms with Crippen LogP contribution in [0.4, 0.5) is 9.18 Å². The Balaban J connectivity index is 1.62. The molecule has 0 radical (unpaired) electrons. The maximum absolute atomic E-state index is 14.4. The third-order valence-corrected chi connectivity index (χ3v) is 5.47. The molecule has 1 saturated heterocycles. The number of nitrogens with zero attached hydrogens (tertiary/aromatic N) is 1. The van der Waals surface area contributed by atoms with E-state index in [0.717, 1.165) is 5.56 Å². The van der Waals surface area contributed by atoms with Gasteiger partial charge in [-0.1, -0.05) is 23.7 Å². The lowest BCUT2D eigenvalue weighted by Crippen LogP contribution is -2.37. The molecule has 2 aliphatic heterocycles. The van der Waals surface area contributed by atoms with Gasteiger partial charge in [0, 0.05) is 30.6 Å². The van der Waals surface area contributed by atoms with Gasteiger partial charge >= 0.3 is 6.09 Å². The van der Waals surface area contributed by atoms with Crippen LogP contribution in [0.25, 0.3) is 0 Å². The number of rotatable bonds is 2. The van der Waals surface area contributed by atoms with Crippen LogP contribution in [0.15, 0.2) is 36.4 Å². The van der Waals surface area contributed by atoms with E-state index in [1.807, 2.05) is 12.1 Å². The Morgan fingerprint density at radius 2 is 2.00 bits per heavy atom. The summed E-state index contributed by atoms with van der Waals surface area (Å²) >= 11 is 5.85. The van der Waals surface area contributed by atoms with Gasteiger partial charge in [-0.25, -0.2) is 9.18 Å². The highest BCUT2D eigenvalue weighted by molar-refractivity contribution is 6.30. The van der Waals surface area contributed by atoms with E-state index in [2.05, 4.69) is 0 Å². The minimum absolute atomic E-state index is 0.163. The average Bonchev–Trinajstić information content (AvgIpc) is 2.98. The molecule has 1 amide bonds. The SMILES string of the molecule is C[C@]1(c2ccc(Cl)cc2F)Oc2cccc(C3CCN(C(=O)O)CC3)c2O1. The molecule has 0 saturated carbocycles. The molecule has 5 nitrogen and oxygen atoms in total. The van der Waals surface area contributed by atoms with Gasteiger partial charge in [0.1, 0.15) is 5.82 Å². The summed E-state index contributed by atoms with van der Waals surface area (Å²) in [6.45, 7) is 2.64. The number of hydrogen-bond acceptors (Lipinski definition) is 3. The standard InChI is InChI=1S/C20H19ClFNO4/c1-20(15-6-5-13(21)11-16(15)22)26-17-4-2-3-14(18(17)27-20)12-7-9-23(10-8-12)19(24)25/h2-6,11-12H,7-10H2,1H3,(H,24,25)/t20-/m0/s1. The molecule has 2 aliphatic rings. The molecule has 2 aromatic rings. The first kappa shape index (κ1) is 17.9. The van der Waals surface area contributed by atoms with Crippen molar-refractivity contribution in [2.24, 2.45) is 0 Å². The van der Waals surface area contributed by atoms with Crippen molar-refractivity contribution in [3.05, 3.63) is 58.4 Å². The highest BCUT2D eigenvalue weighted by atomic mass is 35.5. The van der Waals surface area contributed by atoms with Crippen LogP contribution in [-0.2, 0) is 5.79 Å². The van der Waals surface area contributed by atoms with Crippen molar-refractivity contribution in [1.82, 2.24) is 4.90 Å². The third-order valence-electron chi connectivity index (χ3n) is 5.24. The topological polar surface area (TPSA) is 59.0 Å². The van der Waals surface area contributed by atoms with Gasteiger partial charge in [0.2, 0.25) is 0 Å². The number of benzene rings is 2. The minimum atomic E-state index is -1.28. The number of para-hydroxylation sites is 1. The Morgan fingerprint density at radius 1 is 1.26 bits per heavy atom. The van der Waals surface area contributed by atoms with E-state index in [1.54, 1.807) is 25.1 Å². The van der Waals surface area contributed by atoms with Crippen molar-refractivity contribution in [2.45, 2.75) is 31.5 Å². The molecule has 0 bridgehead atoms. The van der Waals surface area contributed by atoms with E-state index in [9.17, 15) is 9.18 Å². The molecule has 0 aromatic heterocycles. The van der Waals surface area contributed by atoms with Crippen molar-refractivity contribution >= 4 is 17.7 Å². The van der Waals surface area contributed by atoms with Gasteiger partial charge in [-0.05, 0) is 43.0 Å². The first-order chi connectivity index (χ1) is 12.9. The molecule has 142 valence electrons. The number of halogens is 2. The Kier molecular flexibility index (Phi) is 4.38. The molecule has 1 N–H and O–H groups in total. The number of carbonyl (C=O) groups is 1. The van der Waals surface area contributed by atoms with Gasteiger partial charge < -0.3 is 19.5 Å². The molecular weight excluding hydrogens is 373 g/mol. The summed E-state index contributed by atoms with van der Waals surface area (Å²) in [7, 11) is 0. The van der Waals surface area contributed by atoms with Gasteiger partial charge in [0.05, 0.1) is 5.56 Å². The molecule has 2 aromatic carbocycles. The van der Waals surface area contributed by atoms with Crippen molar-refractivity contribution in [2.75, 3.05) is 13.1 Å². The van der Waals surface area contributed by atoms with Crippen LogP contribution in [0, 0.1) is 5.82 Å². The Morgan fingerprint density at radius 3 is 2.67 bits per heavy atom. The zero-order chi connectivity index (χ0) is 19.2. The smallest absolute Gasteiger partial charge is 0.407 e. The molecule has 7 heteroatoms.